The first-order valence-corrected chi connectivity index (χ1v) is 7.11. The van der Waals surface area contributed by atoms with Crippen LogP contribution in [-0.4, -0.2) is 32.8 Å². The molecule has 2 N–H and O–H groups in total. The fourth-order valence-corrected chi connectivity index (χ4v) is 2.09. The molecule has 0 aliphatic rings. The van der Waals surface area contributed by atoms with Crippen molar-refractivity contribution in [3.63, 3.8) is 0 Å². The Morgan fingerprint density at radius 3 is 2.65 bits per heavy atom. The first-order chi connectivity index (χ1) is 10.9. The van der Waals surface area contributed by atoms with Crippen molar-refractivity contribution in [1.82, 2.24) is 15.1 Å². The zero-order valence-electron chi connectivity index (χ0n) is 12.2. The molecule has 0 saturated heterocycles. The van der Waals surface area contributed by atoms with Crippen LogP contribution < -0.4 is 10.9 Å². The lowest BCUT2D eigenvalue weighted by molar-refractivity contribution is -0.141. The Hall–Kier alpha value is -2.67. The molecule has 23 heavy (non-hydrogen) atoms. The predicted octanol–water partition coefficient (Wildman–Crippen LogP) is 1.15. The Morgan fingerprint density at radius 2 is 2.00 bits per heavy atom. The smallest absolute Gasteiger partial charge is 0.325 e. The van der Waals surface area contributed by atoms with Gasteiger partial charge >= 0.3 is 5.97 Å². The molecule has 0 bridgehead atoms. The molecule has 2 rings (SSSR count). The summed E-state index contributed by atoms with van der Waals surface area (Å²) in [6.07, 6.45) is 0. The van der Waals surface area contributed by atoms with Crippen molar-refractivity contribution in [2.75, 3.05) is 0 Å². The van der Waals surface area contributed by atoms with E-state index in [9.17, 15) is 14.4 Å². The van der Waals surface area contributed by atoms with Gasteiger partial charge in [0.25, 0.3) is 5.56 Å². The Kier molecular flexibility index (Phi) is 5.13. The van der Waals surface area contributed by atoms with Crippen molar-refractivity contribution in [1.29, 1.82) is 0 Å². The molecular weight excluding hydrogens is 322 g/mol. The molecular formula is C15H14ClN3O4. The average molecular weight is 336 g/mol. The fraction of sp³-hybridized carbons (Fsp3) is 0.200. The number of nitrogens with one attached hydrogen (secondary N) is 1. The lowest BCUT2D eigenvalue weighted by Crippen LogP contribution is -2.41. The number of carboxylic acid groups (broad SMARTS) is 1. The second kappa shape index (κ2) is 7.06. The predicted molar refractivity (Wildman–Crippen MR) is 84.2 cm³/mol. The van der Waals surface area contributed by atoms with Crippen molar-refractivity contribution in [2.45, 2.75) is 19.5 Å². The summed E-state index contributed by atoms with van der Waals surface area (Å²) in [4.78, 5) is 34.3. The zero-order chi connectivity index (χ0) is 17.0. The van der Waals surface area contributed by atoms with Crippen molar-refractivity contribution in [3.05, 3.63) is 51.8 Å². The van der Waals surface area contributed by atoms with Gasteiger partial charge in [0, 0.05) is 11.6 Å². The van der Waals surface area contributed by atoms with E-state index in [1.165, 1.54) is 19.1 Å². The lowest BCUT2D eigenvalue weighted by atomic mass is 10.1. The summed E-state index contributed by atoms with van der Waals surface area (Å²) < 4.78 is 0.961. The summed E-state index contributed by atoms with van der Waals surface area (Å²) in [6, 6.07) is 8.71. The normalized spacial score (nSPS) is 11.7. The average Bonchev–Trinajstić information content (AvgIpc) is 2.50. The van der Waals surface area contributed by atoms with Gasteiger partial charge in [-0.3, -0.25) is 14.4 Å². The van der Waals surface area contributed by atoms with Crippen LogP contribution in [0, 0.1) is 0 Å². The number of amides is 1. The van der Waals surface area contributed by atoms with Crippen molar-refractivity contribution in [2.24, 2.45) is 0 Å². The number of aliphatic carboxylic acids is 1. The minimum absolute atomic E-state index is 0.380. The molecule has 1 amide bonds. The summed E-state index contributed by atoms with van der Waals surface area (Å²) in [5.41, 5.74) is 0.593. The maximum absolute atomic E-state index is 11.8. The summed E-state index contributed by atoms with van der Waals surface area (Å²) in [7, 11) is 0. The highest BCUT2D eigenvalue weighted by Crippen LogP contribution is 2.24. The number of aromatic nitrogens is 2. The van der Waals surface area contributed by atoms with Gasteiger partial charge in [-0.05, 0) is 19.1 Å². The first kappa shape index (κ1) is 16.7. The third-order valence-corrected chi connectivity index (χ3v) is 3.39. The van der Waals surface area contributed by atoms with E-state index in [-0.39, 0.29) is 6.54 Å². The minimum Gasteiger partial charge on any atom is -0.480 e. The van der Waals surface area contributed by atoms with Gasteiger partial charge in [0.15, 0.2) is 0 Å². The van der Waals surface area contributed by atoms with Crippen molar-refractivity contribution < 1.29 is 14.7 Å². The van der Waals surface area contributed by atoms with E-state index in [0.717, 1.165) is 4.68 Å². The maximum atomic E-state index is 11.8. The maximum Gasteiger partial charge on any atom is 0.325 e. The van der Waals surface area contributed by atoms with Crippen LogP contribution in [0.3, 0.4) is 0 Å². The van der Waals surface area contributed by atoms with Crippen molar-refractivity contribution in [3.8, 4) is 11.3 Å². The van der Waals surface area contributed by atoms with Crippen LogP contribution in [-0.2, 0) is 16.1 Å². The van der Waals surface area contributed by atoms with Crippen LogP contribution in [0.4, 0.5) is 0 Å². The number of hydrogen-bond acceptors (Lipinski definition) is 4. The number of halogens is 1. The third-order valence-electron chi connectivity index (χ3n) is 3.06. The van der Waals surface area contributed by atoms with Gasteiger partial charge in [0.2, 0.25) is 5.91 Å². The Labute approximate surface area is 136 Å². The number of rotatable bonds is 5. The largest absolute Gasteiger partial charge is 0.480 e. The van der Waals surface area contributed by atoms with E-state index in [1.54, 1.807) is 24.3 Å². The summed E-state index contributed by atoms with van der Waals surface area (Å²) in [5.74, 6) is -1.78. The number of benzene rings is 1. The molecule has 0 saturated carbocycles. The van der Waals surface area contributed by atoms with Gasteiger partial charge in [0.1, 0.15) is 12.6 Å². The van der Waals surface area contributed by atoms with Crippen LogP contribution >= 0.6 is 11.6 Å². The molecule has 0 aliphatic heterocycles. The molecule has 0 fully saturated rings. The Morgan fingerprint density at radius 1 is 1.30 bits per heavy atom. The zero-order valence-corrected chi connectivity index (χ0v) is 12.9. The van der Waals surface area contributed by atoms with E-state index in [0.29, 0.717) is 16.3 Å². The fourth-order valence-electron chi connectivity index (χ4n) is 1.86. The SMILES string of the molecule is C[C@@H](NC(=O)Cn1nc(-c2ccccc2Cl)ccc1=O)C(=O)O. The van der Waals surface area contributed by atoms with Gasteiger partial charge in [0.05, 0.1) is 10.7 Å². The Bertz CT molecular complexity index is 803. The molecule has 1 atom stereocenters. The highest BCUT2D eigenvalue weighted by Gasteiger charge is 2.15. The van der Waals surface area contributed by atoms with E-state index in [1.807, 2.05) is 0 Å². The second-order valence-electron chi connectivity index (χ2n) is 4.82. The standard InChI is InChI=1S/C15H14ClN3O4/c1-9(15(22)23)17-13(20)8-19-14(21)7-6-12(18-19)10-4-2-3-5-11(10)16/h2-7,9H,8H2,1H3,(H,17,20)(H,22,23)/t9-/m1/s1. The molecule has 0 unspecified atom stereocenters. The van der Waals surface area contributed by atoms with Gasteiger partial charge in [-0.15, -0.1) is 0 Å². The molecule has 0 spiro atoms. The van der Waals surface area contributed by atoms with Gasteiger partial charge < -0.3 is 10.4 Å². The number of nitrogens with zero attached hydrogens (tertiary/aromatic N) is 2. The second-order valence-corrected chi connectivity index (χ2v) is 5.23. The molecule has 8 heteroatoms. The molecule has 1 aromatic heterocycles. The van der Waals surface area contributed by atoms with Crippen LogP contribution in [0.5, 0.6) is 0 Å². The molecule has 1 aromatic carbocycles. The molecule has 0 aliphatic carbocycles. The van der Waals surface area contributed by atoms with Crippen LogP contribution in [0.25, 0.3) is 11.3 Å². The van der Waals surface area contributed by atoms with E-state index in [4.69, 9.17) is 16.7 Å². The molecule has 2 aromatic rings. The Balaban J connectivity index is 2.25. The third kappa shape index (κ3) is 4.17. The molecule has 7 nitrogen and oxygen atoms in total. The van der Waals surface area contributed by atoms with Crippen LogP contribution in [0.1, 0.15) is 6.92 Å². The number of carbonyl (C=O) groups is 2. The first-order valence-electron chi connectivity index (χ1n) is 6.73. The molecule has 0 radical (unpaired) electrons. The van der Waals surface area contributed by atoms with Crippen LogP contribution in [0.15, 0.2) is 41.2 Å². The number of hydrogen-bond donors (Lipinski definition) is 2. The molecule has 120 valence electrons. The van der Waals surface area contributed by atoms with Gasteiger partial charge in [-0.25, -0.2) is 4.68 Å². The highest BCUT2D eigenvalue weighted by molar-refractivity contribution is 6.33. The van der Waals surface area contributed by atoms with E-state index >= 15 is 0 Å². The topological polar surface area (TPSA) is 101 Å². The monoisotopic (exact) mass is 335 g/mol. The summed E-state index contributed by atoms with van der Waals surface area (Å²) in [5, 5.41) is 15.6. The number of carboxylic acids is 1. The van der Waals surface area contributed by atoms with E-state index < -0.39 is 23.5 Å². The minimum atomic E-state index is -1.16. The van der Waals surface area contributed by atoms with Crippen molar-refractivity contribution >= 4 is 23.5 Å². The molecule has 1 heterocycles. The van der Waals surface area contributed by atoms with E-state index in [2.05, 4.69) is 10.4 Å². The summed E-state index contributed by atoms with van der Waals surface area (Å²) in [6.45, 7) is 0.950. The quantitative estimate of drug-likeness (QED) is 0.853. The summed E-state index contributed by atoms with van der Waals surface area (Å²) >= 11 is 6.09. The number of carbonyl (C=O) groups excluding carboxylic acids is 1. The lowest BCUT2D eigenvalue weighted by Gasteiger charge is -2.11. The van der Waals surface area contributed by atoms with Gasteiger partial charge in [-0.2, -0.15) is 5.10 Å². The van der Waals surface area contributed by atoms with Gasteiger partial charge in [-0.1, -0.05) is 29.8 Å². The highest BCUT2D eigenvalue weighted by atomic mass is 35.5. The van der Waals surface area contributed by atoms with Crippen LogP contribution in [0.2, 0.25) is 5.02 Å².